The van der Waals surface area contributed by atoms with E-state index in [1.807, 2.05) is 0 Å². The lowest BCUT2D eigenvalue weighted by molar-refractivity contribution is -0.126. The summed E-state index contributed by atoms with van der Waals surface area (Å²) in [4.78, 5) is 12.3. The highest BCUT2D eigenvalue weighted by Crippen LogP contribution is 2.44. The Bertz CT molecular complexity index is 330. The van der Waals surface area contributed by atoms with Gasteiger partial charge in [0.2, 0.25) is 5.91 Å². The van der Waals surface area contributed by atoms with Crippen LogP contribution in [0.5, 0.6) is 0 Å². The Morgan fingerprint density at radius 3 is 2.55 bits per heavy atom. The monoisotopic (exact) mass is 300 g/mol. The third-order valence-corrected chi connectivity index (χ3v) is 5.42. The van der Waals surface area contributed by atoms with E-state index in [1.165, 1.54) is 38.5 Å². The van der Waals surface area contributed by atoms with E-state index in [4.69, 9.17) is 0 Å². The summed E-state index contributed by atoms with van der Waals surface area (Å²) >= 11 is 0. The average molecular weight is 301 g/mol. The van der Waals surface area contributed by atoms with Crippen molar-refractivity contribution in [1.29, 1.82) is 0 Å². The van der Waals surface area contributed by atoms with Gasteiger partial charge in [-0.2, -0.15) is 0 Å². The van der Waals surface area contributed by atoms with Crippen LogP contribution in [0.1, 0.15) is 58.3 Å². The zero-order chi connectivity index (χ0) is 13.2. The van der Waals surface area contributed by atoms with E-state index in [0.717, 1.165) is 31.2 Å². The summed E-state index contributed by atoms with van der Waals surface area (Å²) in [5.74, 6) is 2.30. The predicted molar refractivity (Wildman–Crippen MR) is 84.0 cm³/mol. The average Bonchev–Trinajstić information content (AvgIpc) is 3.19. The van der Waals surface area contributed by atoms with E-state index in [-0.39, 0.29) is 18.3 Å². The molecule has 1 amide bonds. The maximum atomic E-state index is 12.3. The molecule has 3 rings (SSSR count). The highest BCUT2D eigenvalue weighted by molar-refractivity contribution is 5.85. The molecule has 1 saturated heterocycles. The van der Waals surface area contributed by atoms with Gasteiger partial charge in [-0.15, -0.1) is 12.4 Å². The fourth-order valence-corrected chi connectivity index (χ4v) is 4.13. The second kappa shape index (κ2) is 7.13. The van der Waals surface area contributed by atoms with Gasteiger partial charge in [0.25, 0.3) is 0 Å². The van der Waals surface area contributed by atoms with Crippen LogP contribution in [0.4, 0.5) is 0 Å². The van der Waals surface area contributed by atoms with Gasteiger partial charge in [-0.1, -0.05) is 32.1 Å². The number of carbonyl (C=O) groups excluding carboxylic acids is 1. The van der Waals surface area contributed by atoms with E-state index < -0.39 is 0 Å². The molecule has 20 heavy (non-hydrogen) atoms. The predicted octanol–water partition coefficient (Wildman–Crippen LogP) is 2.88. The fourth-order valence-electron chi connectivity index (χ4n) is 4.13. The Hall–Kier alpha value is -0.280. The van der Waals surface area contributed by atoms with Crippen LogP contribution in [0.15, 0.2) is 0 Å². The van der Waals surface area contributed by atoms with Crippen LogP contribution in [0.2, 0.25) is 0 Å². The van der Waals surface area contributed by atoms with E-state index in [0.29, 0.717) is 18.0 Å². The topological polar surface area (TPSA) is 41.1 Å². The van der Waals surface area contributed by atoms with Crippen LogP contribution < -0.4 is 10.6 Å². The number of hydrogen-bond acceptors (Lipinski definition) is 2. The first-order chi connectivity index (χ1) is 9.24. The Morgan fingerprint density at radius 2 is 1.85 bits per heavy atom. The van der Waals surface area contributed by atoms with E-state index in [2.05, 4.69) is 17.6 Å². The van der Waals surface area contributed by atoms with Crippen molar-refractivity contribution >= 4 is 18.3 Å². The SMILES string of the molecule is C[C@H]1C[C@@H](C(=O)NC2CC2C2CCCCC2)CCN1.Cl. The molecule has 4 atom stereocenters. The summed E-state index contributed by atoms with van der Waals surface area (Å²) in [6, 6.07) is 1.01. The molecule has 0 aromatic carbocycles. The number of carbonyl (C=O) groups is 1. The van der Waals surface area contributed by atoms with Gasteiger partial charge >= 0.3 is 0 Å². The van der Waals surface area contributed by atoms with Gasteiger partial charge in [-0.25, -0.2) is 0 Å². The second-order valence-electron chi connectivity index (χ2n) is 6.99. The van der Waals surface area contributed by atoms with Crippen molar-refractivity contribution < 1.29 is 4.79 Å². The van der Waals surface area contributed by atoms with Crippen LogP contribution in [-0.2, 0) is 4.79 Å². The lowest BCUT2D eigenvalue weighted by atomic mass is 9.85. The zero-order valence-electron chi connectivity index (χ0n) is 12.6. The fraction of sp³-hybridized carbons (Fsp3) is 0.938. The van der Waals surface area contributed by atoms with Gasteiger partial charge in [0.1, 0.15) is 0 Å². The van der Waals surface area contributed by atoms with Crippen LogP contribution >= 0.6 is 12.4 Å². The van der Waals surface area contributed by atoms with Crippen molar-refractivity contribution in [2.24, 2.45) is 17.8 Å². The summed E-state index contributed by atoms with van der Waals surface area (Å²) < 4.78 is 0. The lowest BCUT2D eigenvalue weighted by Crippen LogP contribution is -2.43. The van der Waals surface area contributed by atoms with E-state index in [1.54, 1.807) is 0 Å². The number of hydrogen-bond donors (Lipinski definition) is 2. The normalized spacial score (nSPS) is 37.9. The maximum absolute atomic E-state index is 12.3. The Kier molecular flexibility index (Phi) is 5.74. The van der Waals surface area contributed by atoms with Crippen LogP contribution in [0.25, 0.3) is 0 Å². The molecule has 0 aromatic rings. The summed E-state index contributed by atoms with van der Waals surface area (Å²) in [6.45, 7) is 3.18. The number of nitrogens with one attached hydrogen (secondary N) is 2. The molecule has 0 aromatic heterocycles. The molecule has 116 valence electrons. The van der Waals surface area contributed by atoms with E-state index >= 15 is 0 Å². The molecular weight excluding hydrogens is 272 g/mol. The molecule has 2 unspecified atom stereocenters. The number of piperidine rings is 1. The molecule has 1 heterocycles. The molecule has 0 bridgehead atoms. The van der Waals surface area contributed by atoms with Crippen molar-refractivity contribution in [1.82, 2.24) is 10.6 Å². The summed E-state index contributed by atoms with van der Waals surface area (Å²) in [7, 11) is 0. The molecule has 2 saturated carbocycles. The van der Waals surface area contributed by atoms with Gasteiger partial charge < -0.3 is 10.6 Å². The smallest absolute Gasteiger partial charge is 0.223 e. The highest BCUT2D eigenvalue weighted by atomic mass is 35.5. The molecule has 0 spiro atoms. The molecule has 2 aliphatic carbocycles. The van der Waals surface area contributed by atoms with Gasteiger partial charge in [0.05, 0.1) is 0 Å². The largest absolute Gasteiger partial charge is 0.353 e. The van der Waals surface area contributed by atoms with Crippen molar-refractivity contribution in [3.8, 4) is 0 Å². The van der Waals surface area contributed by atoms with Gasteiger partial charge in [-0.3, -0.25) is 4.79 Å². The summed E-state index contributed by atoms with van der Waals surface area (Å²) in [5, 5.41) is 6.74. The molecule has 1 aliphatic heterocycles. The number of rotatable bonds is 3. The van der Waals surface area contributed by atoms with E-state index in [9.17, 15) is 4.79 Å². The molecule has 3 aliphatic rings. The molecular formula is C16H29ClN2O. The second-order valence-corrected chi connectivity index (χ2v) is 6.99. The Morgan fingerprint density at radius 1 is 1.10 bits per heavy atom. The standard InChI is InChI=1S/C16H28N2O.ClH/c1-11-9-13(7-8-17-11)16(19)18-15-10-14(15)12-5-3-2-4-6-12;/h11-15,17H,2-10H2,1H3,(H,18,19);1H/t11-,13-,14?,15?;/m0./s1. The van der Waals surface area contributed by atoms with Gasteiger partial charge in [0, 0.05) is 18.0 Å². The molecule has 4 heteroatoms. The zero-order valence-corrected chi connectivity index (χ0v) is 13.4. The first kappa shape index (κ1) is 16.1. The third kappa shape index (κ3) is 3.88. The lowest BCUT2D eigenvalue weighted by Gasteiger charge is -2.27. The van der Waals surface area contributed by atoms with Crippen molar-refractivity contribution in [2.75, 3.05) is 6.54 Å². The molecule has 0 radical (unpaired) electrons. The molecule has 2 N–H and O–H groups in total. The van der Waals surface area contributed by atoms with Crippen LogP contribution in [0, 0.1) is 17.8 Å². The molecule has 3 nitrogen and oxygen atoms in total. The minimum Gasteiger partial charge on any atom is -0.353 e. The Labute approximate surface area is 129 Å². The van der Waals surface area contributed by atoms with Crippen LogP contribution in [0.3, 0.4) is 0 Å². The van der Waals surface area contributed by atoms with Crippen LogP contribution in [-0.4, -0.2) is 24.5 Å². The summed E-state index contributed by atoms with van der Waals surface area (Å²) in [5.41, 5.74) is 0. The van der Waals surface area contributed by atoms with Gasteiger partial charge in [-0.05, 0) is 44.6 Å². The van der Waals surface area contributed by atoms with Gasteiger partial charge in [0.15, 0.2) is 0 Å². The summed E-state index contributed by atoms with van der Waals surface area (Å²) in [6.07, 6.45) is 10.3. The first-order valence-electron chi connectivity index (χ1n) is 8.28. The number of amides is 1. The Balaban J connectivity index is 0.00000147. The quantitative estimate of drug-likeness (QED) is 0.841. The van der Waals surface area contributed by atoms with Crippen molar-refractivity contribution in [2.45, 2.75) is 70.4 Å². The first-order valence-corrected chi connectivity index (χ1v) is 8.28. The van der Waals surface area contributed by atoms with Crippen molar-refractivity contribution in [3.63, 3.8) is 0 Å². The van der Waals surface area contributed by atoms with Crippen molar-refractivity contribution in [3.05, 3.63) is 0 Å². The molecule has 3 fully saturated rings. The minimum atomic E-state index is 0. The highest BCUT2D eigenvalue weighted by Gasteiger charge is 2.44. The third-order valence-electron chi connectivity index (χ3n) is 5.42. The number of halogens is 1. The minimum absolute atomic E-state index is 0. The maximum Gasteiger partial charge on any atom is 0.223 e.